The topological polar surface area (TPSA) is 48.5 Å². The molecule has 4 aromatic rings. The van der Waals surface area contributed by atoms with Crippen molar-refractivity contribution in [1.29, 1.82) is 0 Å². The number of fused-ring (bicyclic) bond motifs is 1. The van der Waals surface area contributed by atoms with Gasteiger partial charge < -0.3 is 4.57 Å². The zero-order valence-corrected chi connectivity index (χ0v) is 19.2. The predicted octanol–water partition coefficient (Wildman–Crippen LogP) is 4.87. The van der Waals surface area contributed by atoms with E-state index in [-0.39, 0.29) is 20.1 Å². The summed E-state index contributed by atoms with van der Waals surface area (Å²) in [6, 6.07) is 13.8. The molecule has 5 nitrogen and oxygen atoms in total. The number of hydrogen-bond donors (Lipinski definition) is 0. The van der Waals surface area contributed by atoms with Crippen molar-refractivity contribution in [3.05, 3.63) is 60.2 Å². The van der Waals surface area contributed by atoms with Crippen molar-refractivity contribution in [2.45, 2.75) is 39.5 Å². The molecular formula is C22H24IrN5-. The maximum atomic E-state index is 4.60. The van der Waals surface area contributed by atoms with Crippen LogP contribution < -0.4 is 0 Å². The summed E-state index contributed by atoms with van der Waals surface area (Å²) in [6.07, 6.45) is 3.44. The minimum Gasteiger partial charge on any atom is -0.352 e. The Morgan fingerprint density at radius 2 is 1.68 bits per heavy atom. The Kier molecular flexibility index (Phi) is 5.82. The number of nitrogens with zero attached hydrogens (tertiary/aromatic N) is 5. The van der Waals surface area contributed by atoms with Crippen molar-refractivity contribution in [3.8, 4) is 17.1 Å². The van der Waals surface area contributed by atoms with Crippen LogP contribution in [0.1, 0.15) is 50.7 Å². The number of benzene rings is 2. The number of aromatic nitrogens is 5. The number of aryl methyl sites for hydroxylation is 1. The zero-order valence-electron chi connectivity index (χ0n) is 16.8. The van der Waals surface area contributed by atoms with Gasteiger partial charge in [-0.1, -0.05) is 45.9 Å². The van der Waals surface area contributed by atoms with E-state index in [2.05, 4.69) is 73.1 Å². The van der Waals surface area contributed by atoms with Crippen LogP contribution in [0.25, 0.3) is 28.1 Å². The van der Waals surface area contributed by atoms with Gasteiger partial charge in [0, 0.05) is 32.7 Å². The summed E-state index contributed by atoms with van der Waals surface area (Å²) in [4.78, 5) is 8.96. The summed E-state index contributed by atoms with van der Waals surface area (Å²) in [5.41, 5.74) is 6.58. The van der Waals surface area contributed by atoms with Crippen LogP contribution in [0, 0.1) is 6.07 Å². The van der Waals surface area contributed by atoms with Crippen LogP contribution in [0.2, 0.25) is 0 Å². The molecule has 0 atom stereocenters. The van der Waals surface area contributed by atoms with E-state index in [1.54, 1.807) is 6.33 Å². The first-order valence-electron chi connectivity index (χ1n) is 9.33. The molecule has 0 N–H and O–H groups in total. The largest absolute Gasteiger partial charge is 0.352 e. The molecule has 0 fully saturated rings. The average Bonchev–Trinajstić information content (AvgIpc) is 3.27. The summed E-state index contributed by atoms with van der Waals surface area (Å²) >= 11 is 0. The zero-order chi connectivity index (χ0) is 19.1. The SMILES string of the molecule is CC(C)c1cccc(C(C)C)c1-n1ncnc1-c1[c-]cc2ncn(C)c2c1.[Ir]. The molecule has 0 aliphatic heterocycles. The van der Waals surface area contributed by atoms with E-state index in [1.807, 2.05) is 28.7 Å². The van der Waals surface area contributed by atoms with Gasteiger partial charge in [-0.3, -0.25) is 14.6 Å². The maximum Gasteiger partial charge on any atom is 0.127 e. The second kappa shape index (κ2) is 7.98. The van der Waals surface area contributed by atoms with Crippen molar-refractivity contribution in [2.75, 3.05) is 0 Å². The van der Waals surface area contributed by atoms with Crippen molar-refractivity contribution in [1.82, 2.24) is 24.3 Å². The number of para-hydroxylation sites is 1. The molecule has 0 unspecified atom stereocenters. The fourth-order valence-corrected chi connectivity index (χ4v) is 3.54. The molecule has 6 heteroatoms. The van der Waals surface area contributed by atoms with Gasteiger partial charge in [0.15, 0.2) is 0 Å². The van der Waals surface area contributed by atoms with E-state index in [0.717, 1.165) is 28.1 Å². The van der Waals surface area contributed by atoms with E-state index >= 15 is 0 Å². The Hall–Kier alpha value is -2.30. The Labute approximate surface area is 179 Å². The van der Waals surface area contributed by atoms with Gasteiger partial charge in [-0.25, -0.2) is 0 Å². The molecule has 28 heavy (non-hydrogen) atoms. The molecule has 4 rings (SSSR count). The van der Waals surface area contributed by atoms with Crippen LogP contribution in [0.15, 0.2) is 43.0 Å². The van der Waals surface area contributed by atoms with Crippen molar-refractivity contribution in [3.63, 3.8) is 0 Å². The fourth-order valence-electron chi connectivity index (χ4n) is 3.54. The Morgan fingerprint density at radius 1 is 1.00 bits per heavy atom. The summed E-state index contributed by atoms with van der Waals surface area (Å²) in [6.45, 7) is 8.86. The molecule has 0 spiro atoms. The minimum atomic E-state index is 0. The van der Waals surface area contributed by atoms with Crippen LogP contribution in [0.4, 0.5) is 0 Å². The van der Waals surface area contributed by atoms with E-state index in [9.17, 15) is 0 Å². The van der Waals surface area contributed by atoms with Gasteiger partial charge in [0.1, 0.15) is 6.33 Å². The van der Waals surface area contributed by atoms with Crippen LogP contribution in [0.5, 0.6) is 0 Å². The monoisotopic (exact) mass is 551 g/mol. The van der Waals surface area contributed by atoms with Gasteiger partial charge >= 0.3 is 0 Å². The van der Waals surface area contributed by atoms with Gasteiger partial charge in [0.05, 0.1) is 17.8 Å². The molecule has 0 saturated carbocycles. The summed E-state index contributed by atoms with van der Waals surface area (Å²) in [7, 11) is 1.99. The van der Waals surface area contributed by atoms with Crippen LogP contribution in [-0.2, 0) is 27.2 Å². The van der Waals surface area contributed by atoms with Gasteiger partial charge in [0.2, 0.25) is 0 Å². The van der Waals surface area contributed by atoms with Crippen molar-refractivity contribution < 1.29 is 20.1 Å². The van der Waals surface area contributed by atoms with E-state index in [0.29, 0.717) is 11.8 Å². The third-order valence-corrected chi connectivity index (χ3v) is 5.00. The quantitative estimate of drug-likeness (QED) is 0.341. The molecule has 1 radical (unpaired) electrons. The third-order valence-electron chi connectivity index (χ3n) is 5.00. The molecule has 0 saturated heterocycles. The number of hydrogen-bond acceptors (Lipinski definition) is 3. The molecule has 2 aromatic heterocycles. The normalized spacial score (nSPS) is 11.4. The Bertz CT molecular complexity index is 1080. The van der Waals surface area contributed by atoms with Gasteiger partial charge in [0.25, 0.3) is 0 Å². The first-order chi connectivity index (χ1) is 13.0. The second-order valence-electron chi connectivity index (χ2n) is 7.56. The number of rotatable bonds is 4. The van der Waals surface area contributed by atoms with Crippen molar-refractivity contribution in [2.24, 2.45) is 7.05 Å². The molecule has 0 aliphatic carbocycles. The molecule has 0 amide bonds. The molecule has 0 bridgehead atoms. The van der Waals surface area contributed by atoms with Crippen LogP contribution in [0.3, 0.4) is 0 Å². The molecule has 147 valence electrons. The minimum absolute atomic E-state index is 0. The first-order valence-corrected chi connectivity index (χ1v) is 9.33. The molecule has 2 aromatic carbocycles. The summed E-state index contributed by atoms with van der Waals surface area (Å²) in [5.74, 6) is 1.58. The third kappa shape index (κ3) is 3.43. The van der Waals surface area contributed by atoms with Gasteiger partial charge in [-0.2, -0.15) is 5.10 Å². The smallest absolute Gasteiger partial charge is 0.127 e. The maximum absolute atomic E-state index is 4.60. The Balaban J connectivity index is 0.00000225. The fraction of sp³-hybridized carbons (Fsp3) is 0.318. The summed E-state index contributed by atoms with van der Waals surface area (Å²) in [5, 5.41) is 4.60. The van der Waals surface area contributed by atoms with Gasteiger partial charge in [-0.05, 0) is 28.5 Å². The molecular weight excluding hydrogens is 526 g/mol. The first kappa shape index (κ1) is 20.4. The standard InChI is InChI=1S/C22H24N5.Ir/c1-14(2)17-7-6-8-18(15(3)4)21(17)27-22(23-12-25-27)16-9-10-19-20(11-16)26(5)13-24-19;/h6-8,10-15H,1-5H3;/q-1;. The van der Waals surface area contributed by atoms with Crippen molar-refractivity contribution >= 4 is 11.0 Å². The van der Waals surface area contributed by atoms with E-state index in [1.165, 1.54) is 11.1 Å². The average molecular weight is 551 g/mol. The predicted molar refractivity (Wildman–Crippen MR) is 108 cm³/mol. The van der Waals surface area contributed by atoms with Crippen LogP contribution in [-0.4, -0.2) is 24.3 Å². The molecule has 2 heterocycles. The van der Waals surface area contributed by atoms with Crippen LogP contribution >= 0.6 is 0 Å². The van der Waals surface area contributed by atoms with E-state index in [4.69, 9.17) is 0 Å². The number of imidazole rings is 1. The molecule has 0 aliphatic rings. The van der Waals surface area contributed by atoms with E-state index < -0.39 is 0 Å². The van der Waals surface area contributed by atoms with Gasteiger partial charge in [-0.15, -0.1) is 23.8 Å². The second-order valence-corrected chi connectivity index (χ2v) is 7.56. The summed E-state index contributed by atoms with van der Waals surface area (Å²) < 4.78 is 3.98. The Morgan fingerprint density at radius 3 is 2.32 bits per heavy atom.